The van der Waals surface area contributed by atoms with Crippen LogP contribution in [0.25, 0.3) is 0 Å². The fourth-order valence-corrected chi connectivity index (χ4v) is 3.77. The first-order valence-corrected chi connectivity index (χ1v) is 10.5. The van der Waals surface area contributed by atoms with E-state index >= 15 is 0 Å². The molecule has 3 rings (SSSR count). The van der Waals surface area contributed by atoms with Gasteiger partial charge in [-0.25, -0.2) is 0 Å². The summed E-state index contributed by atoms with van der Waals surface area (Å²) in [6.07, 6.45) is 0.956. The smallest absolute Gasteiger partial charge is 0.253 e. The first-order chi connectivity index (χ1) is 14.0. The highest BCUT2D eigenvalue weighted by molar-refractivity contribution is 6.30. The lowest BCUT2D eigenvalue weighted by Crippen LogP contribution is -2.49. The molecule has 0 aromatic heterocycles. The van der Waals surface area contributed by atoms with Crippen LogP contribution in [-0.4, -0.2) is 50.7 Å². The first kappa shape index (κ1) is 21.5. The molecule has 0 radical (unpaired) electrons. The number of rotatable bonds is 7. The van der Waals surface area contributed by atoms with E-state index in [1.807, 2.05) is 41.3 Å². The first-order valence-electron chi connectivity index (χ1n) is 10.1. The summed E-state index contributed by atoms with van der Waals surface area (Å²) in [5, 5.41) is 0.736. The van der Waals surface area contributed by atoms with E-state index < -0.39 is 0 Å². The topological polar surface area (TPSA) is 42.0 Å². The lowest BCUT2D eigenvalue weighted by Gasteiger charge is -2.37. The van der Waals surface area contributed by atoms with E-state index in [9.17, 15) is 4.79 Å². The van der Waals surface area contributed by atoms with Crippen LogP contribution in [0.15, 0.2) is 36.4 Å². The second kappa shape index (κ2) is 9.99. The lowest BCUT2D eigenvalue weighted by atomic mass is 10.1. The maximum Gasteiger partial charge on any atom is 0.253 e. The monoisotopic (exact) mass is 416 g/mol. The zero-order valence-electron chi connectivity index (χ0n) is 17.4. The standard InChI is InChI=1S/C23H29ClN2O3/c1-4-13-29-16-19-14-18(6-8-22(19)28-3)23(27)26-11-9-25(10-12-26)21-15-20(24)7-5-17(21)2/h5-8,14-15H,4,9-13,16H2,1-3H3. The molecule has 0 aliphatic carbocycles. The molecule has 1 heterocycles. The summed E-state index contributed by atoms with van der Waals surface area (Å²) in [5.41, 5.74) is 3.92. The van der Waals surface area contributed by atoms with Gasteiger partial charge in [-0.3, -0.25) is 4.79 Å². The van der Waals surface area contributed by atoms with Gasteiger partial charge in [0.1, 0.15) is 5.75 Å². The van der Waals surface area contributed by atoms with Crippen LogP contribution in [-0.2, 0) is 11.3 Å². The molecule has 0 unspecified atom stereocenters. The molecule has 2 aromatic rings. The van der Waals surface area contributed by atoms with Crippen molar-refractivity contribution in [1.82, 2.24) is 4.90 Å². The SMILES string of the molecule is CCCOCc1cc(C(=O)N2CCN(c3cc(Cl)ccc3C)CC2)ccc1OC. The molecule has 6 heteroatoms. The number of halogens is 1. The van der Waals surface area contributed by atoms with Crippen LogP contribution in [0.5, 0.6) is 5.75 Å². The van der Waals surface area contributed by atoms with Gasteiger partial charge in [0, 0.05) is 54.6 Å². The molecular formula is C23H29ClN2O3. The Balaban J connectivity index is 1.67. The average molecular weight is 417 g/mol. The normalized spacial score (nSPS) is 14.2. The van der Waals surface area contributed by atoms with Crippen molar-refractivity contribution in [2.45, 2.75) is 26.9 Å². The molecule has 1 saturated heterocycles. The Morgan fingerprint density at radius 1 is 1.10 bits per heavy atom. The molecule has 0 N–H and O–H groups in total. The van der Waals surface area contributed by atoms with Crippen LogP contribution in [0.3, 0.4) is 0 Å². The van der Waals surface area contributed by atoms with Gasteiger partial charge in [0.15, 0.2) is 0 Å². The van der Waals surface area contributed by atoms with Crippen LogP contribution in [0.4, 0.5) is 5.69 Å². The lowest BCUT2D eigenvalue weighted by molar-refractivity contribution is 0.0746. The Bertz CT molecular complexity index is 848. The van der Waals surface area contributed by atoms with Crippen LogP contribution in [0, 0.1) is 6.92 Å². The van der Waals surface area contributed by atoms with Gasteiger partial charge < -0.3 is 19.3 Å². The molecule has 1 fully saturated rings. The number of anilines is 1. The number of hydrogen-bond donors (Lipinski definition) is 0. The molecule has 0 saturated carbocycles. The second-order valence-corrected chi connectivity index (χ2v) is 7.73. The van der Waals surface area contributed by atoms with E-state index in [2.05, 4.69) is 18.7 Å². The average Bonchev–Trinajstić information content (AvgIpc) is 2.75. The summed E-state index contributed by atoms with van der Waals surface area (Å²) in [5.74, 6) is 0.797. The molecule has 0 atom stereocenters. The zero-order chi connectivity index (χ0) is 20.8. The van der Waals surface area contributed by atoms with Crippen molar-refractivity contribution in [3.8, 4) is 5.75 Å². The molecular weight excluding hydrogens is 388 g/mol. The highest BCUT2D eigenvalue weighted by atomic mass is 35.5. The number of carbonyl (C=O) groups is 1. The minimum atomic E-state index is 0.0480. The fourth-order valence-electron chi connectivity index (χ4n) is 3.61. The number of nitrogens with zero attached hydrogens (tertiary/aromatic N) is 2. The number of carbonyl (C=O) groups excluding carboxylic acids is 1. The molecule has 1 aliphatic rings. The summed E-state index contributed by atoms with van der Waals surface area (Å²) in [6.45, 7) is 8.22. The maximum absolute atomic E-state index is 13.1. The number of ether oxygens (including phenoxy) is 2. The Morgan fingerprint density at radius 2 is 1.86 bits per heavy atom. The van der Waals surface area contributed by atoms with E-state index in [0.717, 1.165) is 41.5 Å². The number of methoxy groups -OCH3 is 1. The summed E-state index contributed by atoms with van der Waals surface area (Å²) < 4.78 is 11.1. The quantitative estimate of drug-likeness (QED) is 0.621. The Hall–Kier alpha value is -2.24. The van der Waals surface area contributed by atoms with Gasteiger partial charge in [0.25, 0.3) is 5.91 Å². The molecule has 1 aliphatic heterocycles. The third kappa shape index (κ3) is 5.22. The molecule has 0 bridgehead atoms. The van der Waals surface area contributed by atoms with Crippen molar-refractivity contribution in [3.05, 3.63) is 58.1 Å². The summed E-state index contributed by atoms with van der Waals surface area (Å²) in [4.78, 5) is 17.3. The maximum atomic E-state index is 13.1. The number of aryl methyl sites for hydroxylation is 1. The van der Waals surface area contributed by atoms with Gasteiger partial charge >= 0.3 is 0 Å². The van der Waals surface area contributed by atoms with E-state index in [1.165, 1.54) is 5.56 Å². The highest BCUT2D eigenvalue weighted by Crippen LogP contribution is 2.26. The van der Waals surface area contributed by atoms with Gasteiger partial charge in [-0.15, -0.1) is 0 Å². The minimum absolute atomic E-state index is 0.0480. The summed E-state index contributed by atoms with van der Waals surface area (Å²) >= 11 is 6.17. The molecule has 1 amide bonds. The number of hydrogen-bond acceptors (Lipinski definition) is 4. The van der Waals surface area contributed by atoms with Crippen molar-refractivity contribution < 1.29 is 14.3 Å². The van der Waals surface area contributed by atoms with Crippen LogP contribution >= 0.6 is 11.6 Å². The Labute approximate surface area is 178 Å². The Kier molecular flexibility index (Phi) is 7.40. The van der Waals surface area contributed by atoms with Crippen LogP contribution in [0.2, 0.25) is 5.02 Å². The van der Waals surface area contributed by atoms with E-state index in [4.69, 9.17) is 21.1 Å². The van der Waals surface area contributed by atoms with Crippen LogP contribution in [0.1, 0.15) is 34.8 Å². The van der Waals surface area contributed by atoms with Crippen molar-refractivity contribution in [2.75, 3.05) is 44.8 Å². The van der Waals surface area contributed by atoms with Crippen molar-refractivity contribution in [2.24, 2.45) is 0 Å². The highest BCUT2D eigenvalue weighted by Gasteiger charge is 2.24. The fraction of sp³-hybridized carbons (Fsp3) is 0.435. The van der Waals surface area contributed by atoms with E-state index in [0.29, 0.717) is 31.9 Å². The zero-order valence-corrected chi connectivity index (χ0v) is 18.2. The number of benzene rings is 2. The van der Waals surface area contributed by atoms with Gasteiger partial charge in [-0.05, 0) is 49.2 Å². The van der Waals surface area contributed by atoms with Crippen molar-refractivity contribution in [3.63, 3.8) is 0 Å². The van der Waals surface area contributed by atoms with E-state index in [-0.39, 0.29) is 5.91 Å². The number of piperazine rings is 1. The van der Waals surface area contributed by atoms with Gasteiger partial charge in [-0.2, -0.15) is 0 Å². The molecule has 156 valence electrons. The third-order valence-electron chi connectivity index (χ3n) is 5.21. The predicted octanol–water partition coefficient (Wildman–Crippen LogP) is 4.55. The minimum Gasteiger partial charge on any atom is -0.496 e. The second-order valence-electron chi connectivity index (χ2n) is 7.29. The van der Waals surface area contributed by atoms with Gasteiger partial charge in [0.05, 0.1) is 13.7 Å². The van der Waals surface area contributed by atoms with Crippen molar-refractivity contribution in [1.29, 1.82) is 0 Å². The van der Waals surface area contributed by atoms with Gasteiger partial charge in [-0.1, -0.05) is 24.6 Å². The van der Waals surface area contributed by atoms with Gasteiger partial charge in [0.2, 0.25) is 0 Å². The largest absolute Gasteiger partial charge is 0.496 e. The van der Waals surface area contributed by atoms with Crippen molar-refractivity contribution >= 4 is 23.2 Å². The molecule has 29 heavy (non-hydrogen) atoms. The molecule has 2 aromatic carbocycles. The summed E-state index contributed by atoms with van der Waals surface area (Å²) in [6, 6.07) is 11.5. The molecule has 5 nitrogen and oxygen atoms in total. The Morgan fingerprint density at radius 3 is 2.55 bits per heavy atom. The number of amides is 1. The predicted molar refractivity (Wildman–Crippen MR) is 117 cm³/mol. The summed E-state index contributed by atoms with van der Waals surface area (Å²) in [7, 11) is 1.64. The third-order valence-corrected chi connectivity index (χ3v) is 5.45. The van der Waals surface area contributed by atoms with E-state index in [1.54, 1.807) is 7.11 Å². The molecule has 0 spiro atoms. The van der Waals surface area contributed by atoms with Crippen LogP contribution < -0.4 is 9.64 Å².